The molecule has 0 aliphatic carbocycles. The van der Waals surface area contributed by atoms with Gasteiger partial charge in [-0.05, 0) is 12.1 Å². The summed E-state index contributed by atoms with van der Waals surface area (Å²) in [5, 5.41) is 11.0. The lowest BCUT2D eigenvalue weighted by molar-refractivity contribution is 0.194. The van der Waals surface area contributed by atoms with E-state index in [1.807, 2.05) is 0 Å². The maximum atomic E-state index is 10.1. The van der Waals surface area contributed by atoms with Gasteiger partial charge >= 0.3 is 0 Å². The summed E-state index contributed by atoms with van der Waals surface area (Å²) in [7, 11) is 0. The number of halogens is 2. The zero-order valence-corrected chi connectivity index (χ0v) is 14.0. The number of ether oxygens (including phenoxy) is 1. The summed E-state index contributed by atoms with van der Waals surface area (Å²) < 4.78 is 4.90. The van der Waals surface area contributed by atoms with Gasteiger partial charge in [0.25, 0.3) is 0 Å². The second-order valence-electron chi connectivity index (χ2n) is 4.35. The first-order valence-corrected chi connectivity index (χ1v) is 7.53. The van der Waals surface area contributed by atoms with E-state index in [9.17, 15) is 5.11 Å². The number of rotatable bonds is 6. The Labute approximate surface area is 146 Å². The van der Waals surface area contributed by atoms with Crippen LogP contribution in [-0.2, 0) is 4.74 Å². The zero-order chi connectivity index (χ0) is 17.1. The van der Waals surface area contributed by atoms with E-state index in [-0.39, 0.29) is 0 Å². The van der Waals surface area contributed by atoms with E-state index in [1.54, 1.807) is 42.7 Å². The van der Waals surface area contributed by atoms with Crippen LogP contribution in [0.4, 0.5) is 0 Å². The molecule has 6 heteroatoms. The van der Waals surface area contributed by atoms with Crippen LogP contribution >= 0.6 is 23.2 Å². The van der Waals surface area contributed by atoms with Gasteiger partial charge in [0.15, 0.2) is 0 Å². The van der Waals surface area contributed by atoms with Gasteiger partial charge in [-0.15, -0.1) is 13.2 Å². The maximum Gasteiger partial charge on any atom is 0.115 e. The highest BCUT2D eigenvalue weighted by molar-refractivity contribution is 6.35. The average molecular weight is 353 g/mol. The van der Waals surface area contributed by atoms with Crippen molar-refractivity contribution >= 4 is 23.2 Å². The number of hydrogen-bond acceptors (Lipinski definition) is 4. The van der Waals surface area contributed by atoms with Crippen molar-refractivity contribution in [2.45, 2.75) is 6.10 Å². The number of aliphatic hydroxyl groups is 1. The topological polar surface area (TPSA) is 55.2 Å². The lowest BCUT2D eigenvalue weighted by atomic mass is 10.0. The molecule has 122 valence electrons. The maximum absolute atomic E-state index is 10.1. The van der Waals surface area contributed by atoms with E-state index in [4.69, 9.17) is 27.9 Å². The Balaban J connectivity index is 0.000000322. The van der Waals surface area contributed by atoms with E-state index in [0.717, 1.165) is 0 Å². The van der Waals surface area contributed by atoms with Crippen molar-refractivity contribution < 1.29 is 9.84 Å². The Morgan fingerprint density at radius 1 is 1.13 bits per heavy atom. The Morgan fingerprint density at radius 2 is 1.74 bits per heavy atom. The standard InChI is InChI=1S/C11H8Cl2N2O.C6H10O/c12-8-1-2-9(10(13)3-8)11(16)7-4-14-6-15-5-7;1-3-5-7-6-4-2/h1-6,11,16H;3-4H,1-2,5-6H2. The van der Waals surface area contributed by atoms with Crippen LogP contribution in [-0.4, -0.2) is 28.3 Å². The molecular weight excluding hydrogens is 335 g/mol. The van der Waals surface area contributed by atoms with Crippen molar-refractivity contribution in [3.8, 4) is 0 Å². The largest absolute Gasteiger partial charge is 0.383 e. The van der Waals surface area contributed by atoms with Crippen LogP contribution in [0.15, 0.2) is 62.2 Å². The normalized spacial score (nSPS) is 11.1. The minimum absolute atomic E-state index is 0.420. The summed E-state index contributed by atoms with van der Waals surface area (Å²) in [6.07, 6.45) is 7.07. The summed E-state index contributed by atoms with van der Waals surface area (Å²) in [6.45, 7) is 8.18. The third kappa shape index (κ3) is 6.93. The first-order chi connectivity index (χ1) is 11.1. The van der Waals surface area contributed by atoms with Gasteiger partial charge in [-0.1, -0.05) is 41.4 Å². The molecule has 2 rings (SSSR count). The Kier molecular flexibility index (Phi) is 9.17. The number of aliphatic hydroxyl groups excluding tert-OH is 1. The predicted molar refractivity (Wildman–Crippen MR) is 93.8 cm³/mol. The number of benzene rings is 1. The van der Waals surface area contributed by atoms with Crippen molar-refractivity contribution in [1.29, 1.82) is 0 Å². The fraction of sp³-hybridized carbons (Fsp3) is 0.176. The molecule has 0 aliphatic heterocycles. The van der Waals surface area contributed by atoms with Gasteiger partial charge in [-0.2, -0.15) is 0 Å². The molecule has 0 fully saturated rings. The van der Waals surface area contributed by atoms with E-state index in [0.29, 0.717) is 34.4 Å². The lowest BCUT2D eigenvalue weighted by Gasteiger charge is -2.12. The first kappa shape index (κ1) is 19.3. The Morgan fingerprint density at radius 3 is 2.26 bits per heavy atom. The molecule has 0 spiro atoms. The zero-order valence-electron chi connectivity index (χ0n) is 12.5. The number of aromatic nitrogens is 2. The molecule has 0 saturated carbocycles. The monoisotopic (exact) mass is 352 g/mol. The van der Waals surface area contributed by atoms with E-state index >= 15 is 0 Å². The van der Waals surface area contributed by atoms with Gasteiger partial charge < -0.3 is 9.84 Å². The molecule has 1 unspecified atom stereocenters. The third-order valence-electron chi connectivity index (χ3n) is 2.62. The summed E-state index contributed by atoms with van der Waals surface area (Å²) >= 11 is 11.8. The van der Waals surface area contributed by atoms with E-state index in [2.05, 4.69) is 23.1 Å². The van der Waals surface area contributed by atoms with Gasteiger partial charge in [0.2, 0.25) is 0 Å². The quantitative estimate of drug-likeness (QED) is 0.623. The fourth-order valence-corrected chi connectivity index (χ4v) is 2.10. The third-order valence-corrected chi connectivity index (χ3v) is 3.19. The molecule has 0 aliphatic rings. The van der Waals surface area contributed by atoms with Crippen molar-refractivity contribution in [3.05, 3.63) is 83.4 Å². The summed E-state index contributed by atoms with van der Waals surface area (Å²) in [6, 6.07) is 4.95. The smallest absolute Gasteiger partial charge is 0.115 e. The lowest BCUT2D eigenvalue weighted by Crippen LogP contribution is -2.01. The highest BCUT2D eigenvalue weighted by Crippen LogP contribution is 2.29. The SMILES string of the molecule is C=CCOCC=C.OC(c1cncnc1)c1ccc(Cl)cc1Cl. The van der Waals surface area contributed by atoms with Gasteiger partial charge in [-0.3, -0.25) is 0 Å². The van der Waals surface area contributed by atoms with Crippen molar-refractivity contribution in [2.75, 3.05) is 13.2 Å². The molecule has 1 N–H and O–H groups in total. The molecule has 0 amide bonds. The Hall–Kier alpha value is -1.72. The summed E-state index contributed by atoms with van der Waals surface area (Å²) in [5.74, 6) is 0. The molecule has 1 atom stereocenters. The molecule has 23 heavy (non-hydrogen) atoms. The van der Waals surface area contributed by atoms with Crippen LogP contribution in [0.1, 0.15) is 17.2 Å². The molecule has 1 aromatic heterocycles. The number of nitrogens with zero attached hydrogens (tertiary/aromatic N) is 2. The van der Waals surface area contributed by atoms with Crippen LogP contribution < -0.4 is 0 Å². The predicted octanol–water partition coefficient (Wildman–Crippen LogP) is 4.24. The van der Waals surface area contributed by atoms with Crippen molar-refractivity contribution in [3.63, 3.8) is 0 Å². The molecule has 1 aromatic carbocycles. The van der Waals surface area contributed by atoms with Crippen LogP contribution in [0.2, 0.25) is 10.0 Å². The van der Waals surface area contributed by atoms with Crippen molar-refractivity contribution in [1.82, 2.24) is 9.97 Å². The molecule has 1 heterocycles. The van der Waals surface area contributed by atoms with Crippen molar-refractivity contribution in [2.24, 2.45) is 0 Å². The first-order valence-electron chi connectivity index (χ1n) is 6.77. The molecule has 2 aromatic rings. The minimum atomic E-state index is -0.842. The van der Waals surface area contributed by atoms with E-state index in [1.165, 1.54) is 6.33 Å². The van der Waals surface area contributed by atoms with Crippen LogP contribution in [0, 0.1) is 0 Å². The van der Waals surface area contributed by atoms with Gasteiger partial charge in [0, 0.05) is 33.6 Å². The number of hydrogen-bond donors (Lipinski definition) is 1. The highest BCUT2D eigenvalue weighted by Gasteiger charge is 2.14. The fourth-order valence-electron chi connectivity index (χ4n) is 1.59. The molecule has 0 bridgehead atoms. The molecule has 0 radical (unpaired) electrons. The average Bonchev–Trinajstić information content (AvgIpc) is 2.56. The van der Waals surface area contributed by atoms with Gasteiger partial charge in [0.1, 0.15) is 12.4 Å². The van der Waals surface area contributed by atoms with Crippen LogP contribution in [0.5, 0.6) is 0 Å². The van der Waals surface area contributed by atoms with Gasteiger partial charge in [-0.25, -0.2) is 9.97 Å². The summed E-state index contributed by atoms with van der Waals surface area (Å²) in [4.78, 5) is 7.68. The van der Waals surface area contributed by atoms with Crippen LogP contribution in [0.3, 0.4) is 0 Å². The molecular formula is C17H18Cl2N2O2. The second kappa shape index (κ2) is 10.9. The second-order valence-corrected chi connectivity index (χ2v) is 5.20. The molecule has 0 saturated heterocycles. The highest BCUT2D eigenvalue weighted by atomic mass is 35.5. The Bertz CT molecular complexity index is 613. The van der Waals surface area contributed by atoms with Crippen LogP contribution in [0.25, 0.3) is 0 Å². The van der Waals surface area contributed by atoms with Gasteiger partial charge in [0.05, 0.1) is 13.2 Å². The minimum Gasteiger partial charge on any atom is -0.383 e. The molecule has 4 nitrogen and oxygen atoms in total. The summed E-state index contributed by atoms with van der Waals surface area (Å²) in [5.41, 5.74) is 1.17. The van der Waals surface area contributed by atoms with E-state index < -0.39 is 6.10 Å².